The molecule has 3 nitrogen and oxygen atoms in total. The van der Waals surface area contributed by atoms with Crippen LogP contribution in [0.15, 0.2) is 30.3 Å². The Labute approximate surface area is 95.0 Å². The molecule has 0 saturated heterocycles. The number of nitrogens with zero attached hydrogens (tertiary/aromatic N) is 1. The fraction of sp³-hybridized carbons (Fsp3) is 0.231. The summed E-state index contributed by atoms with van der Waals surface area (Å²) in [6.07, 6.45) is 1.43. The van der Waals surface area contributed by atoms with E-state index in [0.29, 0.717) is 12.2 Å². The zero-order valence-corrected chi connectivity index (χ0v) is 9.36. The molecule has 1 aromatic rings. The normalized spacial score (nSPS) is 10.7. The summed E-state index contributed by atoms with van der Waals surface area (Å²) in [4.78, 5) is 11.2. The third-order valence-electron chi connectivity index (χ3n) is 2.07. The summed E-state index contributed by atoms with van der Waals surface area (Å²) >= 11 is 0. The van der Waals surface area contributed by atoms with Gasteiger partial charge in [-0.1, -0.05) is 12.1 Å². The molecule has 82 valence electrons. The molecule has 1 aromatic carbocycles. The number of allylic oxidation sites excluding steroid dienone is 1. The van der Waals surface area contributed by atoms with Crippen LogP contribution in [0.3, 0.4) is 0 Å². The number of esters is 1. The highest BCUT2D eigenvalue weighted by Gasteiger charge is 2.01. The van der Waals surface area contributed by atoms with Gasteiger partial charge in [-0.3, -0.25) is 0 Å². The molecular formula is C13H13NO2. The van der Waals surface area contributed by atoms with Crippen LogP contribution >= 0.6 is 0 Å². The van der Waals surface area contributed by atoms with Crippen molar-refractivity contribution in [1.82, 2.24) is 0 Å². The van der Waals surface area contributed by atoms with Crippen LogP contribution in [-0.4, -0.2) is 12.6 Å². The van der Waals surface area contributed by atoms with E-state index in [4.69, 9.17) is 10.00 Å². The largest absolute Gasteiger partial charge is 0.463 e. The number of nitriles is 1. The van der Waals surface area contributed by atoms with Gasteiger partial charge in [0.1, 0.15) is 0 Å². The van der Waals surface area contributed by atoms with Crippen molar-refractivity contribution in [3.05, 3.63) is 41.5 Å². The Morgan fingerprint density at radius 1 is 1.56 bits per heavy atom. The van der Waals surface area contributed by atoms with E-state index < -0.39 is 0 Å². The lowest BCUT2D eigenvalue weighted by Gasteiger charge is -2.02. The van der Waals surface area contributed by atoms with Gasteiger partial charge in [-0.25, -0.2) is 4.79 Å². The molecule has 0 amide bonds. The molecule has 0 fully saturated rings. The Hall–Kier alpha value is -2.08. The molecule has 0 spiro atoms. The van der Waals surface area contributed by atoms with Gasteiger partial charge in [0.25, 0.3) is 0 Å². The van der Waals surface area contributed by atoms with Crippen LogP contribution in [0, 0.1) is 11.3 Å². The number of hydrogen-bond donors (Lipinski definition) is 0. The first-order chi connectivity index (χ1) is 7.67. The van der Waals surface area contributed by atoms with Crippen molar-refractivity contribution in [2.45, 2.75) is 13.8 Å². The summed E-state index contributed by atoms with van der Waals surface area (Å²) in [7, 11) is 0. The van der Waals surface area contributed by atoms with Crippen LogP contribution < -0.4 is 0 Å². The monoisotopic (exact) mass is 215 g/mol. The number of hydrogen-bond acceptors (Lipinski definition) is 3. The van der Waals surface area contributed by atoms with E-state index in [0.717, 1.165) is 11.1 Å². The first-order valence-electron chi connectivity index (χ1n) is 5.03. The van der Waals surface area contributed by atoms with Crippen LogP contribution in [0.2, 0.25) is 0 Å². The SMILES string of the molecule is CCOC(=O)/C=C(/C)c1cccc(C#N)c1. The molecule has 3 heteroatoms. The van der Waals surface area contributed by atoms with Crippen molar-refractivity contribution in [2.24, 2.45) is 0 Å². The molecule has 0 bridgehead atoms. The molecule has 0 N–H and O–H groups in total. The van der Waals surface area contributed by atoms with Crippen molar-refractivity contribution < 1.29 is 9.53 Å². The second kappa shape index (κ2) is 5.72. The minimum absolute atomic E-state index is 0.359. The maximum atomic E-state index is 11.2. The lowest BCUT2D eigenvalue weighted by atomic mass is 10.0. The average Bonchev–Trinajstić information content (AvgIpc) is 2.29. The summed E-state index contributed by atoms with van der Waals surface area (Å²) in [5.74, 6) is -0.359. The highest BCUT2D eigenvalue weighted by molar-refractivity contribution is 5.90. The van der Waals surface area contributed by atoms with Crippen molar-refractivity contribution in [3.63, 3.8) is 0 Å². The smallest absolute Gasteiger partial charge is 0.331 e. The first-order valence-corrected chi connectivity index (χ1v) is 5.03. The Morgan fingerprint density at radius 3 is 2.94 bits per heavy atom. The van der Waals surface area contributed by atoms with E-state index in [1.165, 1.54) is 6.08 Å². The molecule has 16 heavy (non-hydrogen) atoms. The van der Waals surface area contributed by atoms with Gasteiger partial charge in [0.2, 0.25) is 0 Å². The molecule has 0 aliphatic heterocycles. The molecular weight excluding hydrogens is 202 g/mol. The van der Waals surface area contributed by atoms with Gasteiger partial charge < -0.3 is 4.74 Å². The van der Waals surface area contributed by atoms with Crippen molar-refractivity contribution in [1.29, 1.82) is 5.26 Å². The summed E-state index contributed by atoms with van der Waals surface area (Å²) in [5, 5.41) is 8.75. The standard InChI is InChI=1S/C13H13NO2/c1-3-16-13(15)7-10(2)12-6-4-5-11(8-12)9-14/h4-8H,3H2,1-2H3/b10-7-. The maximum absolute atomic E-state index is 11.2. The number of carbonyl (C=O) groups is 1. The van der Waals surface area contributed by atoms with Gasteiger partial charge >= 0.3 is 5.97 Å². The molecule has 0 heterocycles. The fourth-order valence-electron chi connectivity index (χ4n) is 1.28. The second-order valence-electron chi connectivity index (χ2n) is 3.27. The first kappa shape index (κ1) is 12.0. The molecule has 1 rings (SSSR count). The van der Waals surface area contributed by atoms with E-state index in [1.807, 2.05) is 13.0 Å². The zero-order valence-electron chi connectivity index (χ0n) is 9.36. The van der Waals surface area contributed by atoms with Gasteiger partial charge in [-0.05, 0) is 37.1 Å². The molecule has 0 unspecified atom stereocenters. The minimum atomic E-state index is -0.359. The van der Waals surface area contributed by atoms with Crippen LogP contribution in [0.5, 0.6) is 0 Å². The van der Waals surface area contributed by atoms with Crippen LogP contribution in [0.25, 0.3) is 5.57 Å². The number of benzene rings is 1. The molecule has 0 aliphatic rings. The highest BCUT2D eigenvalue weighted by Crippen LogP contribution is 2.15. The van der Waals surface area contributed by atoms with E-state index in [1.54, 1.807) is 25.1 Å². The molecule has 0 aromatic heterocycles. The van der Waals surface area contributed by atoms with Gasteiger partial charge in [0.05, 0.1) is 18.2 Å². The predicted molar refractivity (Wildman–Crippen MR) is 61.4 cm³/mol. The number of ether oxygens (including phenoxy) is 1. The lowest BCUT2D eigenvalue weighted by molar-refractivity contribution is -0.137. The third-order valence-corrected chi connectivity index (χ3v) is 2.07. The summed E-state index contributed by atoms with van der Waals surface area (Å²) < 4.78 is 4.81. The van der Waals surface area contributed by atoms with Gasteiger partial charge in [-0.15, -0.1) is 0 Å². The lowest BCUT2D eigenvalue weighted by Crippen LogP contribution is -2.00. The predicted octanol–water partition coefficient (Wildman–Crippen LogP) is 2.52. The molecule has 0 aliphatic carbocycles. The van der Waals surface area contributed by atoms with Gasteiger partial charge in [0.15, 0.2) is 0 Å². The summed E-state index contributed by atoms with van der Waals surface area (Å²) in [6.45, 7) is 3.94. The maximum Gasteiger partial charge on any atom is 0.331 e. The quantitative estimate of drug-likeness (QED) is 0.575. The van der Waals surface area contributed by atoms with Gasteiger partial charge in [-0.2, -0.15) is 5.26 Å². The van der Waals surface area contributed by atoms with E-state index in [9.17, 15) is 4.79 Å². The minimum Gasteiger partial charge on any atom is -0.463 e. The molecule has 0 radical (unpaired) electrons. The summed E-state index contributed by atoms with van der Waals surface area (Å²) in [5.41, 5.74) is 2.22. The Kier molecular flexibility index (Phi) is 4.28. The zero-order chi connectivity index (χ0) is 12.0. The average molecular weight is 215 g/mol. The highest BCUT2D eigenvalue weighted by atomic mass is 16.5. The Balaban J connectivity index is 2.92. The van der Waals surface area contributed by atoms with Crippen LogP contribution in [0.1, 0.15) is 25.0 Å². The Bertz CT molecular complexity index is 455. The summed E-state index contributed by atoms with van der Waals surface area (Å²) in [6, 6.07) is 9.16. The van der Waals surface area contributed by atoms with Crippen molar-refractivity contribution >= 4 is 11.5 Å². The Morgan fingerprint density at radius 2 is 2.31 bits per heavy atom. The van der Waals surface area contributed by atoms with Crippen molar-refractivity contribution in [3.8, 4) is 6.07 Å². The fourth-order valence-corrected chi connectivity index (χ4v) is 1.28. The second-order valence-corrected chi connectivity index (χ2v) is 3.27. The third kappa shape index (κ3) is 3.25. The van der Waals surface area contributed by atoms with Crippen LogP contribution in [-0.2, 0) is 9.53 Å². The van der Waals surface area contributed by atoms with Crippen LogP contribution in [0.4, 0.5) is 0 Å². The van der Waals surface area contributed by atoms with E-state index in [2.05, 4.69) is 6.07 Å². The molecule has 0 saturated carbocycles. The number of carbonyl (C=O) groups excluding carboxylic acids is 1. The van der Waals surface area contributed by atoms with Gasteiger partial charge in [0, 0.05) is 6.08 Å². The molecule has 0 atom stereocenters. The van der Waals surface area contributed by atoms with Crippen molar-refractivity contribution in [2.75, 3.05) is 6.61 Å². The van der Waals surface area contributed by atoms with E-state index in [-0.39, 0.29) is 5.97 Å². The topological polar surface area (TPSA) is 50.1 Å². The van der Waals surface area contributed by atoms with E-state index >= 15 is 0 Å². The number of rotatable bonds is 3.